The van der Waals surface area contributed by atoms with Crippen molar-refractivity contribution in [3.05, 3.63) is 57.1 Å². The zero-order valence-corrected chi connectivity index (χ0v) is 15.2. The van der Waals surface area contributed by atoms with Gasteiger partial charge in [0.25, 0.3) is 5.91 Å². The Bertz CT molecular complexity index is 930. The number of carbonyl (C=O) groups is 1. The van der Waals surface area contributed by atoms with Crippen molar-refractivity contribution in [2.45, 2.75) is 18.7 Å². The number of hydrogen-bond acceptors (Lipinski definition) is 5. The Balaban J connectivity index is 1.84. The molecule has 0 bridgehead atoms. The maximum Gasteiger partial charge on any atom is 0.286 e. The molecular weight excluding hydrogens is 387 g/mol. The van der Waals surface area contributed by atoms with Crippen LogP contribution >= 0.6 is 23.2 Å². The molecule has 1 aliphatic rings. The van der Waals surface area contributed by atoms with Gasteiger partial charge in [-0.1, -0.05) is 23.2 Å². The van der Waals surface area contributed by atoms with E-state index in [1.165, 1.54) is 10.4 Å². The standard InChI is InChI=1S/C15H13Cl2N4O3S/c16-11-3-9(4-12(17)5-11)8-25(23,24)21-2-1-10-6-19-15(14(18)22)20-13(10)7-21/h3-5H,1-2,7-8H2,(H2,18,22). The number of halogens is 2. The Morgan fingerprint density at radius 1 is 1.28 bits per heavy atom. The normalized spacial score (nSPS) is 15.0. The second kappa shape index (κ2) is 6.87. The van der Waals surface area contributed by atoms with Gasteiger partial charge in [-0.05, 0) is 30.2 Å². The van der Waals surface area contributed by atoms with Crippen LogP contribution in [0.5, 0.6) is 0 Å². The van der Waals surface area contributed by atoms with Gasteiger partial charge in [0, 0.05) is 22.2 Å². The fraction of sp³-hybridized carbons (Fsp3) is 0.267. The summed E-state index contributed by atoms with van der Waals surface area (Å²) in [6, 6.07) is 4.66. The molecule has 10 heteroatoms. The lowest BCUT2D eigenvalue weighted by Crippen LogP contribution is -2.37. The second-order valence-corrected chi connectivity index (χ2v) is 8.41. The number of nitrogens with two attached hydrogens (primary N) is 1. The molecule has 0 atom stereocenters. The van der Waals surface area contributed by atoms with Crippen LogP contribution in [-0.4, -0.2) is 35.1 Å². The molecule has 1 radical (unpaired) electrons. The maximum atomic E-state index is 12.7. The lowest BCUT2D eigenvalue weighted by molar-refractivity contribution is 0.0989. The summed E-state index contributed by atoms with van der Waals surface area (Å²) in [6.07, 6.45) is 3.11. The van der Waals surface area contributed by atoms with E-state index in [-0.39, 0.29) is 24.7 Å². The molecule has 1 amide bonds. The number of benzene rings is 1. The van der Waals surface area contributed by atoms with Gasteiger partial charge in [0.05, 0.1) is 24.2 Å². The van der Waals surface area contributed by atoms with Crippen LogP contribution in [-0.2, 0) is 28.7 Å². The molecule has 2 heterocycles. The van der Waals surface area contributed by atoms with E-state index in [2.05, 4.69) is 16.2 Å². The number of primary amides is 1. The summed E-state index contributed by atoms with van der Waals surface area (Å²) in [4.78, 5) is 19.0. The molecule has 2 aromatic rings. The van der Waals surface area contributed by atoms with Gasteiger partial charge < -0.3 is 5.73 Å². The summed E-state index contributed by atoms with van der Waals surface area (Å²) in [5.41, 5.74) is 6.77. The van der Waals surface area contributed by atoms with Crippen LogP contribution in [0.4, 0.5) is 0 Å². The van der Waals surface area contributed by atoms with Gasteiger partial charge in [-0.2, -0.15) is 4.31 Å². The topological polar surface area (TPSA) is 106 Å². The summed E-state index contributed by atoms with van der Waals surface area (Å²) in [5, 5.41) is 0.741. The molecule has 1 aromatic carbocycles. The van der Waals surface area contributed by atoms with Gasteiger partial charge in [-0.3, -0.25) is 4.79 Å². The van der Waals surface area contributed by atoms with Gasteiger partial charge in [-0.25, -0.2) is 18.4 Å². The van der Waals surface area contributed by atoms with E-state index >= 15 is 0 Å². The predicted molar refractivity (Wildman–Crippen MR) is 92.6 cm³/mol. The number of carbonyl (C=O) groups excluding carboxylic acids is 1. The number of amides is 1. The molecule has 1 aromatic heterocycles. The number of sulfonamides is 1. The fourth-order valence-corrected chi connectivity index (χ4v) is 4.59. The number of fused-ring (bicyclic) bond motifs is 1. The van der Waals surface area contributed by atoms with Crippen molar-refractivity contribution < 1.29 is 13.2 Å². The Morgan fingerprint density at radius 3 is 2.60 bits per heavy atom. The van der Waals surface area contributed by atoms with Crippen molar-refractivity contribution in [1.29, 1.82) is 0 Å². The maximum absolute atomic E-state index is 12.7. The number of rotatable bonds is 4. The van der Waals surface area contributed by atoms with Crippen LogP contribution in [0.3, 0.4) is 0 Å². The lowest BCUT2D eigenvalue weighted by Gasteiger charge is -2.27. The molecule has 25 heavy (non-hydrogen) atoms. The van der Waals surface area contributed by atoms with Crippen molar-refractivity contribution in [1.82, 2.24) is 14.3 Å². The average Bonchev–Trinajstić information content (AvgIpc) is 2.52. The number of hydrogen-bond donors (Lipinski definition) is 1. The Morgan fingerprint density at radius 2 is 1.96 bits per heavy atom. The number of nitrogens with zero attached hydrogens (tertiary/aromatic N) is 3. The molecule has 0 aliphatic carbocycles. The minimum Gasteiger partial charge on any atom is -0.363 e. The summed E-state index contributed by atoms with van der Waals surface area (Å²) in [7, 11) is -3.62. The molecule has 0 saturated carbocycles. The summed E-state index contributed by atoms with van der Waals surface area (Å²) >= 11 is 11.8. The lowest BCUT2D eigenvalue weighted by atomic mass is 10.1. The van der Waals surface area contributed by atoms with E-state index < -0.39 is 15.9 Å². The molecule has 2 N–H and O–H groups in total. The minimum absolute atomic E-state index is 0.0330. The van der Waals surface area contributed by atoms with Gasteiger partial charge in [-0.15, -0.1) is 0 Å². The highest BCUT2D eigenvalue weighted by molar-refractivity contribution is 7.88. The highest BCUT2D eigenvalue weighted by atomic mass is 35.5. The molecule has 3 rings (SSSR count). The van der Waals surface area contributed by atoms with Gasteiger partial charge in [0.1, 0.15) is 0 Å². The molecule has 1 aliphatic heterocycles. The van der Waals surface area contributed by atoms with Crippen molar-refractivity contribution in [3.8, 4) is 0 Å². The van der Waals surface area contributed by atoms with Gasteiger partial charge >= 0.3 is 0 Å². The number of aromatic nitrogens is 2. The Kier molecular flexibility index (Phi) is 4.97. The van der Waals surface area contributed by atoms with Crippen LogP contribution in [0.1, 0.15) is 27.4 Å². The zero-order chi connectivity index (χ0) is 18.2. The van der Waals surface area contributed by atoms with E-state index in [1.807, 2.05) is 0 Å². The second-order valence-electron chi connectivity index (χ2n) is 5.57. The van der Waals surface area contributed by atoms with Crippen molar-refractivity contribution in [3.63, 3.8) is 0 Å². The van der Waals surface area contributed by atoms with Crippen LogP contribution < -0.4 is 5.73 Å². The first-order valence-corrected chi connectivity index (χ1v) is 9.61. The van der Waals surface area contributed by atoms with Gasteiger partial charge in [0.15, 0.2) is 0 Å². The van der Waals surface area contributed by atoms with Crippen molar-refractivity contribution in [2.75, 3.05) is 6.54 Å². The third-order valence-electron chi connectivity index (χ3n) is 3.71. The monoisotopic (exact) mass is 399 g/mol. The first-order chi connectivity index (χ1) is 11.7. The molecule has 131 valence electrons. The average molecular weight is 400 g/mol. The third-order valence-corrected chi connectivity index (χ3v) is 5.94. The first kappa shape index (κ1) is 18.1. The molecular formula is C15H13Cl2N4O3S. The molecule has 0 unspecified atom stereocenters. The van der Waals surface area contributed by atoms with E-state index in [9.17, 15) is 13.2 Å². The highest BCUT2D eigenvalue weighted by Crippen LogP contribution is 2.24. The van der Waals surface area contributed by atoms with E-state index in [1.54, 1.807) is 12.1 Å². The van der Waals surface area contributed by atoms with E-state index in [4.69, 9.17) is 28.9 Å². The Labute approximate surface area is 154 Å². The largest absolute Gasteiger partial charge is 0.363 e. The molecule has 7 nitrogen and oxygen atoms in total. The fourth-order valence-electron chi connectivity index (χ4n) is 2.56. The van der Waals surface area contributed by atoms with E-state index in [0.29, 0.717) is 33.3 Å². The highest BCUT2D eigenvalue weighted by Gasteiger charge is 2.29. The SMILES string of the molecule is NC(=O)c1n[c]c2c(n1)CN(S(=O)(=O)Cc1cc(Cl)cc(Cl)c1)CC2. The Hall–Kier alpha value is -1.74. The zero-order valence-electron chi connectivity index (χ0n) is 12.9. The molecule has 0 saturated heterocycles. The van der Waals surface area contributed by atoms with Crippen molar-refractivity contribution >= 4 is 39.1 Å². The quantitative estimate of drug-likeness (QED) is 0.839. The first-order valence-electron chi connectivity index (χ1n) is 7.24. The summed E-state index contributed by atoms with van der Waals surface area (Å²) in [6.45, 7) is 0.310. The smallest absolute Gasteiger partial charge is 0.286 e. The van der Waals surface area contributed by atoms with Crippen LogP contribution in [0.25, 0.3) is 0 Å². The minimum atomic E-state index is -3.62. The predicted octanol–water partition coefficient (Wildman–Crippen LogP) is 1.57. The van der Waals surface area contributed by atoms with E-state index in [0.717, 1.165) is 0 Å². The molecule has 0 fully saturated rings. The van der Waals surface area contributed by atoms with Crippen molar-refractivity contribution in [2.24, 2.45) is 5.73 Å². The van der Waals surface area contributed by atoms with Crippen LogP contribution in [0, 0.1) is 6.20 Å². The summed E-state index contributed by atoms with van der Waals surface area (Å²) < 4.78 is 26.7. The van der Waals surface area contributed by atoms with Gasteiger partial charge in [0.2, 0.25) is 15.8 Å². The molecule has 0 spiro atoms. The van der Waals surface area contributed by atoms with Crippen LogP contribution in [0.15, 0.2) is 18.2 Å². The van der Waals surface area contributed by atoms with Crippen LogP contribution in [0.2, 0.25) is 10.0 Å². The summed E-state index contributed by atoms with van der Waals surface area (Å²) in [5.74, 6) is -1.20. The third kappa shape index (κ3) is 4.09.